The Kier molecular flexibility index (Phi) is 2.81. The molecule has 0 bridgehead atoms. The quantitative estimate of drug-likeness (QED) is 0.787. The number of anilines is 1. The number of aromatic nitrogens is 2. The molecule has 4 rings (SSSR count). The Labute approximate surface area is 121 Å². The van der Waals surface area contributed by atoms with Crippen molar-refractivity contribution in [2.24, 2.45) is 0 Å². The van der Waals surface area contributed by atoms with E-state index < -0.39 is 0 Å². The van der Waals surface area contributed by atoms with Gasteiger partial charge in [0.2, 0.25) is 0 Å². The average Bonchev–Trinajstić information content (AvgIpc) is 3.32. The van der Waals surface area contributed by atoms with Crippen molar-refractivity contribution in [1.29, 1.82) is 0 Å². The zero-order valence-corrected chi connectivity index (χ0v) is 11.4. The highest BCUT2D eigenvalue weighted by Gasteiger charge is 2.22. The fraction of sp³-hybridized carbons (Fsp3) is 0.176. The second-order valence-corrected chi connectivity index (χ2v) is 5.34. The number of nitrogens with one attached hydrogen (secondary N) is 1. The van der Waals surface area contributed by atoms with E-state index in [9.17, 15) is 4.39 Å². The smallest absolute Gasteiger partial charge is 0.162 e. The van der Waals surface area contributed by atoms with Gasteiger partial charge in [-0.3, -0.25) is 0 Å². The van der Waals surface area contributed by atoms with E-state index in [1.807, 2.05) is 24.3 Å². The zero-order valence-electron chi connectivity index (χ0n) is 11.4. The van der Waals surface area contributed by atoms with Crippen LogP contribution in [0, 0.1) is 5.82 Å². The van der Waals surface area contributed by atoms with Crippen molar-refractivity contribution in [1.82, 2.24) is 9.97 Å². The minimum absolute atomic E-state index is 0.254. The summed E-state index contributed by atoms with van der Waals surface area (Å²) in [5.41, 5.74) is 1.72. The van der Waals surface area contributed by atoms with Crippen LogP contribution in [-0.4, -0.2) is 16.0 Å². The molecule has 0 spiro atoms. The summed E-state index contributed by atoms with van der Waals surface area (Å²) in [5, 5.41) is 4.48. The molecule has 0 unspecified atom stereocenters. The maximum atomic E-state index is 13.1. The number of benzene rings is 2. The average molecular weight is 279 g/mol. The third-order valence-electron chi connectivity index (χ3n) is 3.62. The van der Waals surface area contributed by atoms with E-state index in [1.54, 1.807) is 12.1 Å². The molecule has 1 aliphatic carbocycles. The lowest BCUT2D eigenvalue weighted by molar-refractivity contribution is 0.628. The van der Waals surface area contributed by atoms with E-state index >= 15 is 0 Å². The van der Waals surface area contributed by atoms with Crippen LogP contribution in [0.15, 0.2) is 48.5 Å². The lowest BCUT2D eigenvalue weighted by atomic mass is 10.2. The van der Waals surface area contributed by atoms with E-state index in [2.05, 4.69) is 15.3 Å². The molecule has 1 saturated carbocycles. The molecular weight excluding hydrogens is 265 g/mol. The molecule has 0 saturated heterocycles. The number of para-hydroxylation sites is 1. The minimum Gasteiger partial charge on any atom is -0.367 e. The molecule has 0 amide bonds. The fourth-order valence-electron chi connectivity index (χ4n) is 2.34. The van der Waals surface area contributed by atoms with Gasteiger partial charge in [0.1, 0.15) is 11.6 Å². The van der Waals surface area contributed by atoms with Gasteiger partial charge in [-0.25, -0.2) is 14.4 Å². The molecule has 0 radical (unpaired) electrons. The van der Waals surface area contributed by atoms with Crippen molar-refractivity contribution in [2.75, 3.05) is 5.32 Å². The summed E-state index contributed by atoms with van der Waals surface area (Å²) in [6.45, 7) is 0. The van der Waals surface area contributed by atoms with Crippen LogP contribution in [-0.2, 0) is 0 Å². The molecule has 1 aromatic heterocycles. The summed E-state index contributed by atoms with van der Waals surface area (Å²) < 4.78 is 13.1. The van der Waals surface area contributed by atoms with Gasteiger partial charge in [-0.2, -0.15) is 0 Å². The van der Waals surface area contributed by atoms with E-state index in [4.69, 9.17) is 0 Å². The molecule has 21 heavy (non-hydrogen) atoms. The van der Waals surface area contributed by atoms with Crippen molar-refractivity contribution in [3.63, 3.8) is 0 Å². The molecule has 3 nitrogen and oxygen atoms in total. The molecule has 3 aromatic rings. The third kappa shape index (κ3) is 2.44. The van der Waals surface area contributed by atoms with E-state index in [-0.39, 0.29) is 5.82 Å². The zero-order chi connectivity index (χ0) is 14.2. The van der Waals surface area contributed by atoms with Gasteiger partial charge >= 0.3 is 0 Å². The lowest BCUT2D eigenvalue weighted by Gasteiger charge is -2.10. The van der Waals surface area contributed by atoms with Crippen molar-refractivity contribution in [3.05, 3.63) is 54.3 Å². The Morgan fingerprint density at radius 3 is 2.48 bits per heavy atom. The van der Waals surface area contributed by atoms with Gasteiger partial charge in [0.15, 0.2) is 5.82 Å². The van der Waals surface area contributed by atoms with E-state index in [0.29, 0.717) is 11.9 Å². The molecule has 4 heteroatoms. The first-order chi connectivity index (χ1) is 10.3. The van der Waals surface area contributed by atoms with Gasteiger partial charge in [-0.05, 0) is 49.2 Å². The molecular formula is C17H14FN3. The first-order valence-corrected chi connectivity index (χ1v) is 7.09. The fourth-order valence-corrected chi connectivity index (χ4v) is 2.34. The Hall–Kier alpha value is -2.49. The summed E-state index contributed by atoms with van der Waals surface area (Å²) in [5.74, 6) is 1.23. The maximum Gasteiger partial charge on any atom is 0.162 e. The molecule has 1 fully saturated rings. The summed E-state index contributed by atoms with van der Waals surface area (Å²) in [4.78, 5) is 9.23. The van der Waals surface area contributed by atoms with Crippen molar-refractivity contribution < 1.29 is 4.39 Å². The summed E-state index contributed by atoms with van der Waals surface area (Å²) in [6.07, 6.45) is 2.37. The van der Waals surface area contributed by atoms with Gasteiger partial charge in [-0.1, -0.05) is 12.1 Å². The summed E-state index contributed by atoms with van der Waals surface area (Å²) >= 11 is 0. The van der Waals surface area contributed by atoms with Gasteiger partial charge in [0.25, 0.3) is 0 Å². The Balaban J connectivity index is 1.86. The molecule has 104 valence electrons. The van der Waals surface area contributed by atoms with Crippen LogP contribution >= 0.6 is 0 Å². The highest BCUT2D eigenvalue weighted by atomic mass is 19.1. The van der Waals surface area contributed by atoms with E-state index in [1.165, 1.54) is 25.0 Å². The Morgan fingerprint density at radius 2 is 1.71 bits per heavy atom. The first kappa shape index (κ1) is 12.3. The number of hydrogen-bond donors (Lipinski definition) is 1. The predicted molar refractivity (Wildman–Crippen MR) is 81.6 cm³/mol. The third-order valence-corrected chi connectivity index (χ3v) is 3.62. The van der Waals surface area contributed by atoms with Crippen LogP contribution in [0.5, 0.6) is 0 Å². The number of halogens is 1. The monoisotopic (exact) mass is 279 g/mol. The number of nitrogens with zero attached hydrogens (tertiary/aromatic N) is 2. The van der Waals surface area contributed by atoms with Crippen molar-refractivity contribution >= 4 is 16.7 Å². The largest absolute Gasteiger partial charge is 0.367 e. The maximum absolute atomic E-state index is 13.1. The molecule has 2 aromatic carbocycles. The number of fused-ring (bicyclic) bond motifs is 1. The van der Waals surface area contributed by atoms with Gasteiger partial charge in [0.05, 0.1) is 5.52 Å². The Morgan fingerprint density at radius 1 is 0.952 bits per heavy atom. The topological polar surface area (TPSA) is 37.8 Å². The van der Waals surface area contributed by atoms with Crippen molar-refractivity contribution in [3.8, 4) is 11.4 Å². The molecule has 1 heterocycles. The number of hydrogen-bond acceptors (Lipinski definition) is 3. The van der Waals surface area contributed by atoms with Crippen LogP contribution in [0.3, 0.4) is 0 Å². The van der Waals surface area contributed by atoms with Crippen molar-refractivity contribution in [2.45, 2.75) is 18.9 Å². The lowest BCUT2D eigenvalue weighted by Crippen LogP contribution is -2.05. The standard InChI is InChI=1S/C17H14FN3/c18-12-7-5-11(6-8-12)16-20-15-4-2-1-3-14(15)17(21-16)19-13-9-10-13/h1-8,13H,9-10H2,(H,19,20,21). The molecule has 1 aliphatic rings. The highest BCUT2D eigenvalue weighted by molar-refractivity contribution is 5.90. The molecule has 0 atom stereocenters. The second kappa shape index (κ2) is 4.81. The summed E-state index contributed by atoms with van der Waals surface area (Å²) in [6, 6.07) is 14.7. The van der Waals surface area contributed by atoms with Crippen LogP contribution in [0.1, 0.15) is 12.8 Å². The second-order valence-electron chi connectivity index (χ2n) is 5.34. The SMILES string of the molecule is Fc1ccc(-c2nc(NC3CC3)c3ccccc3n2)cc1. The Bertz CT molecular complexity index is 795. The minimum atomic E-state index is -0.254. The van der Waals surface area contributed by atoms with Gasteiger partial charge in [0, 0.05) is 17.0 Å². The normalized spacial score (nSPS) is 14.3. The number of rotatable bonds is 3. The van der Waals surface area contributed by atoms with E-state index in [0.717, 1.165) is 22.3 Å². The molecule has 0 aliphatic heterocycles. The van der Waals surface area contributed by atoms with Gasteiger partial charge in [-0.15, -0.1) is 0 Å². The first-order valence-electron chi connectivity index (χ1n) is 7.09. The van der Waals surface area contributed by atoms with Crippen LogP contribution < -0.4 is 5.32 Å². The molecule has 1 N–H and O–H groups in total. The van der Waals surface area contributed by atoms with Crippen LogP contribution in [0.25, 0.3) is 22.3 Å². The van der Waals surface area contributed by atoms with Crippen LogP contribution in [0.4, 0.5) is 10.2 Å². The highest BCUT2D eigenvalue weighted by Crippen LogP contribution is 2.29. The predicted octanol–water partition coefficient (Wildman–Crippen LogP) is 4.01. The summed E-state index contributed by atoms with van der Waals surface area (Å²) in [7, 11) is 0. The van der Waals surface area contributed by atoms with Gasteiger partial charge < -0.3 is 5.32 Å². The van der Waals surface area contributed by atoms with Crippen LogP contribution in [0.2, 0.25) is 0 Å².